The van der Waals surface area contributed by atoms with Crippen molar-refractivity contribution in [3.05, 3.63) is 24.3 Å². The molecule has 1 rings (SSSR count). The Labute approximate surface area is 232 Å². The Hall–Kier alpha value is -1.09. The SMILES string of the molecule is CCCCCCCCCCC=CC(C=CCCCCCCCCCCCCCC)C1=NCCN1CCO. The fraction of sp³-hybridized carbons (Fsp3) is 0.853. The molecule has 0 radical (unpaired) electrons. The molecule has 3 heteroatoms. The van der Waals surface area contributed by atoms with E-state index in [0.717, 1.165) is 18.9 Å². The molecule has 1 heterocycles. The first-order chi connectivity index (χ1) is 18.3. The van der Waals surface area contributed by atoms with Crippen LogP contribution in [0.4, 0.5) is 0 Å². The predicted octanol–water partition coefficient (Wildman–Crippen LogP) is 10.0. The van der Waals surface area contributed by atoms with E-state index in [9.17, 15) is 5.11 Å². The van der Waals surface area contributed by atoms with E-state index < -0.39 is 0 Å². The van der Waals surface area contributed by atoms with Crippen molar-refractivity contribution in [3.8, 4) is 0 Å². The fourth-order valence-corrected chi connectivity index (χ4v) is 5.38. The lowest BCUT2D eigenvalue weighted by molar-refractivity contribution is 0.254. The molecule has 1 atom stereocenters. The summed E-state index contributed by atoms with van der Waals surface area (Å²) < 4.78 is 0. The van der Waals surface area contributed by atoms with Gasteiger partial charge in [0.25, 0.3) is 0 Å². The van der Waals surface area contributed by atoms with Crippen LogP contribution in [0.3, 0.4) is 0 Å². The largest absolute Gasteiger partial charge is 0.395 e. The van der Waals surface area contributed by atoms with Gasteiger partial charge < -0.3 is 10.0 Å². The Morgan fingerprint density at radius 2 is 1.05 bits per heavy atom. The summed E-state index contributed by atoms with van der Waals surface area (Å²) in [5.74, 6) is 1.42. The van der Waals surface area contributed by atoms with Gasteiger partial charge in [-0.1, -0.05) is 154 Å². The van der Waals surface area contributed by atoms with Crippen LogP contribution in [0.25, 0.3) is 0 Å². The van der Waals surface area contributed by atoms with E-state index in [1.54, 1.807) is 0 Å². The van der Waals surface area contributed by atoms with Crippen LogP contribution in [0, 0.1) is 5.92 Å². The number of hydrogen-bond donors (Lipinski definition) is 1. The Morgan fingerprint density at radius 1 is 0.649 bits per heavy atom. The summed E-state index contributed by atoms with van der Waals surface area (Å²) in [5, 5.41) is 9.47. The first-order valence-electron chi connectivity index (χ1n) is 16.6. The molecule has 3 nitrogen and oxygen atoms in total. The number of rotatable bonds is 27. The topological polar surface area (TPSA) is 35.8 Å². The summed E-state index contributed by atoms with van der Waals surface area (Å²) in [6, 6.07) is 0. The van der Waals surface area contributed by atoms with Gasteiger partial charge in [-0.15, -0.1) is 0 Å². The van der Waals surface area contributed by atoms with E-state index in [-0.39, 0.29) is 12.5 Å². The molecule has 37 heavy (non-hydrogen) atoms. The van der Waals surface area contributed by atoms with Gasteiger partial charge in [0.15, 0.2) is 0 Å². The summed E-state index contributed by atoms with van der Waals surface area (Å²) in [6.45, 7) is 7.30. The highest BCUT2D eigenvalue weighted by Gasteiger charge is 2.21. The van der Waals surface area contributed by atoms with Crippen molar-refractivity contribution in [3.63, 3.8) is 0 Å². The molecular formula is C34H64N2O. The molecule has 0 spiro atoms. The lowest BCUT2D eigenvalue weighted by Crippen LogP contribution is -2.34. The van der Waals surface area contributed by atoms with Gasteiger partial charge in [0.05, 0.1) is 19.1 Å². The number of aliphatic imine (C=N–C) groups is 1. The third kappa shape index (κ3) is 19.6. The third-order valence-electron chi connectivity index (χ3n) is 7.77. The van der Waals surface area contributed by atoms with Crippen molar-refractivity contribution in [1.82, 2.24) is 4.90 Å². The number of aliphatic hydroxyl groups excluding tert-OH is 1. The number of amidine groups is 1. The molecule has 0 amide bonds. The monoisotopic (exact) mass is 517 g/mol. The van der Waals surface area contributed by atoms with E-state index in [4.69, 9.17) is 4.99 Å². The molecule has 0 saturated heterocycles. The first kappa shape index (κ1) is 33.9. The van der Waals surface area contributed by atoms with Gasteiger partial charge in [-0.2, -0.15) is 0 Å². The molecule has 1 aliphatic rings. The van der Waals surface area contributed by atoms with Gasteiger partial charge in [0.1, 0.15) is 5.84 Å². The van der Waals surface area contributed by atoms with Crippen molar-refractivity contribution in [2.24, 2.45) is 10.9 Å². The number of allylic oxidation sites excluding steroid dienone is 2. The van der Waals surface area contributed by atoms with Gasteiger partial charge in [0, 0.05) is 13.1 Å². The van der Waals surface area contributed by atoms with Crippen LogP contribution < -0.4 is 0 Å². The average molecular weight is 517 g/mol. The van der Waals surface area contributed by atoms with Crippen LogP contribution in [-0.4, -0.2) is 42.1 Å². The molecule has 0 aliphatic carbocycles. The Bertz CT molecular complexity index is 568. The molecule has 0 aromatic carbocycles. The normalized spacial score (nSPS) is 14.9. The number of nitrogens with zero attached hydrogens (tertiary/aromatic N) is 2. The maximum absolute atomic E-state index is 9.47. The molecule has 0 bridgehead atoms. The molecule has 0 saturated carbocycles. The number of β-amino-alcohol motifs (C(OH)–C–C–N with tert-alkyl or cyclic N) is 1. The predicted molar refractivity (Wildman–Crippen MR) is 166 cm³/mol. The third-order valence-corrected chi connectivity index (χ3v) is 7.77. The van der Waals surface area contributed by atoms with Crippen molar-refractivity contribution >= 4 is 5.84 Å². The molecule has 0 aromatic heterocycles. The summed E-state index contributed by atoms with van der Waals surface area (Å²) in [6.07, 6.45) is 39.7. The van der Waals surface area contributed by atoms with Gasteiger partial charge >= 0.3 is 0 Å². The van der Waals surface area contributed by atoms with E-state index in [1.165, 1.54) is 141 Å². The molecule has 1 unspecified atom stereocenters. The minimum absolute atomic E-state index is 0.205. The maximum atomic E-state index is 9.47. The first-order valence-corrected chi connectivity index (χ1v) is 16.6. The second-order valence-corrected chi connectivity index (χ2v) is 11.3. The van der Waals surface area contributed by atoms with Gasteiger partial charge in [-0.3, -0.25) is 4.99 Å². The number of aliphatic hydroxyl groups is 1. The highest BCUT2D eigenvalue weighted by Crippen LogP contribution is 2.17. The van der Waals surface area contributed by atoms with Crippen LogP contribution in [0.15, 0.2) is 29.3 Å². The van der Waals surface area contributed by atoms with Crippen molar-refractivity contribution in [2.45, 2.75) is 155 Å². The van der Waals surface area contributed by atoms with Crippen LogP contribution in [-0.2, 0) is 0 Å². The molecule has 216 valence electrons. The second kappa shape index (κ2) is 26.5. The van der Waals surface area contributed by atoms with Gasteiger partial charge in [-0.05, 0) is 25.7 Å². The molecule has 0 fully saturated rings. The van der Waals surface area contributed by atoms with Gasteiger partial charge in [0.2, 0.25) is 0 Å². The smallest absolute Gasteiger partial charge is 0.110 e. The Balaban J connectivity index is 2.24. The van der Waals surface area contributed by atoms with Crippen molar-refractivity contribution in [2.75, 3.05) is 26.2 Å². The molecule has 0 aromatic rings. The lowest BCUT2D eigenvalue weighted by atomic mass is 10.0. The molecular weight excluding hydrogens is 452 g/mol. The van der Waals surface area contributed by atoms with Crippen molar-refractivity contribution in [1.29, 1.82) is 0 Å². The Kier molecular flexibility index (Phi) is 24.3. The second-order valence-electron chi connectivity index (χ2n) is 11.3. The van der Waals surface area contributed by atoms with Crippen LogP contribution in [0.5, 0.6) is 0 Å². The van der Waals surface area contributed by atoms with E-state index >= 15 is 0 Å². The zero-order valence-corrected chi connectivity index (χ0v) is 25.1. The number of unbranched alkanes of at least 4 members (excludes halogenated alkanes) is 20. The molecule has 1 aliphatic heterocycles. The zero-order valence-electron chi connectivity index (χ0n) is 25.1. The lowest BCUT2D eigenvalue weighted by Gasteiger charge is -2.22. The highest BCUT2D eigenvalue weighted by atomic mass is 16.3. The standard InChI is InChI=1S/C34H64N2O/c1-3-5-7-9-11-13-15-16-17-18-20-22-24-26-28-33(34-35-29-30-36(34)31-32-37)27-25-23-21-19-14-12-10-8-6-4-2/h25-28,33,37H,3-24,29-32H2,1-2H3. The minimum atomic E-state index is 0.205. The van der Waals surface area contributed by atoms with Crippen LogP contribution in [0.1, 0.15) is 155 Å². The van der Waals surface area contributed by atoms with E-state index in [2.05, 4.69) is 43.1 Å². The summed E-state index contributed by atoms with van der Waals surface area (Å²) in [4.78, 5) is 7.09. The summed E-state index contributed by atoms with van der Waals surface area (Å²) >= 11 is 0. The van der Waals surface area contributed by atoms with E-state index in [0.29, 0.717) is 6.54 Å². The average Bonchev–Trinajstić information content (AvgIpc) is 3.37. The van der Waals surface area contributed by atoms with Crippen LogP contribution in [0.2, 0.25) is 0 Å². The molecule has 1 N–H and O–H groups in total. The quantitative estimate of drug-likeness (QED) is 0.0870. The van der Waals surface area contributed by atoms with Crippen LogP contribution >= 0.6 is 0 Å². The summed E-state index contributed by atoms with van der Waals surface area (Å²) in [5.41, 5.74) is 0. The summed E-state index contributed by atoms with van der Waals surface area (Å²) in [7, 11) is 0. The zero-order chi connectivity index (χ0) is 26.7. The maximum Gasteiger partial charge on any atom is 0.110 e. The van der Waals surface area contributed by atoms with Crippen molar-refractivity contribution < 1.29 is 5.11 Å². The van der Waals surface area contributed by atoms with Gasteiger partial charge in [-0.25, -0.2) is 0 Å². The minimum Gasteiger partial charge on any atom is -0.395 e. The van der Waals surface area contributed by atoms with E-state index in [1.807, 2.05) is 0 Å². The Morgan fingerprint density at radius 3 is 1.46 bits per heavy atom. The highest BCUT2D eigenvalue weighted by molar-refractivity contribution is 5.89. The fourth-order valence-electron chi connectivity index (χ4n) is 5.38. The number of hydrogen-bond acceptors (Lipinski definition) is 3.